The van der Waals surface area contributed by atoms with Gasteiger partial charge in [-0.05, 0) is 12.8 Å². The minimum absolute atomic E-state index is 0. The second-order valence-corrected chi connectivity index (χ2v) is 2.83. The van der Waals surface area contributed by atoms with Gasteiger partial charge in [0.2, 0.25) is 0 Å². The Labute approximate surface area is 70.8 Å². The van der Waals surface area contributed by atoms with Gasteiger partial charge in [0.05, 0.1) is 5.66 Å². The molecule has 4 N–H and O–H groups in total. The van der Waals surface area contributed by atoms with Crippen LogP contribution in [-0.4, -0.2) is 5.66 Å². The first-order valence-corrected chi connectivity index (χ1v) is 3.30. The van der Waals surface area contributed by atoms with E-state index >= 15 is 0 Å². The SMILES string of the molecule is Br.NC1=CCCC2(C1)NN2. The zero-order valence-electron chi connectivity index (χ0n) is 5.68. The molecule has 1 saturated heterocycles. The van der Waals surface area contributed by atoms with Crippen molar-refractivity contribution in [1.29, 1.82) is 0 Å². The number of hydrogen-bond acceptors (Lipinski definition) is 3. The smallest absolute Gasteiger partial charge is 0.1000 e. The van der Waals surface area contributed by atoms with Crippen LogP contribution in [0.1, 0.15) is 19.3 Å². The van der Waals surface area contributed by atoms with E-state index in [0.29, 0.717) is 0 Å². The Kier molecular flexibility index (Phi) is 2.03. The second-order valence-electron chi connectivity index (χ2n) is 2.83. The lowest BCUT2D eigenvalue weighted by Gasteiger charge is -2.15. The Morgan fingerprint density at radius 3 is 2.60 bits per heavy atom. The van der Waals surface area contributed by atoms with E-state index in [1.54, 1.807) is 0 Å². The molecule has 0 saturated carbocycles. The van der Waals surface area contributed by atoms with Gasteiger partial charge in [0.25, 0.3) is 0 Å². The Balaban J connectivity index is 0.000000500. The standard InChI is InChI=1S/C6H11N3.BrH/c7-5-2-1-3-6(4-5)8-9-6;/h2,8-9H,1,3-4,7H2;1H. The molecule has 58 valence electrons. The van der Waals surface area contributed by atoms with Crippen molar-refractivity contribution in [3.05, 3.63) is 11.8 Å². The van der Waals surface area contributed by atoms with E-state index in [0.717, 1.165) is 18.5 Å². The Morgan fingerprint density at radius 2 is 2.20 bits per heavy atom. The van der Waals surface area contributed by atoms with Gasteiger partial charge in [-0.25, -0.2) is 10.9 Å². The molecule has 2 aliphatic rings. The van der Waals surface area contributed by atoms with Crippen molar-refractivity contribution in [2.75, 3.05) is 0 Å². The molecule has 0 aromatic carbocycles. The third kappa shape index (κ3) is 1.33. The molecule has 0 bridgehead atoms. The maximum Gasteiger partial charge on any atom is 0.1000 e. The van der Waals surface area contributed by atoms with Gasteiger partial charge in [-0.2, -0.15) is 0 Å². The maximum atomic E-state index is 5.63. The number of halogens is 1. The van der Waals surface area contributed by atoms with Gasteiger partial charge in [-0.15, -0.1) is 17.0 Å². The van der Waals surface area contributed by atoms with Gasteiger partial charge < -0.3 is 5.73 Å². The molecule has 3 nitrogen and oxygen atoms in total. The highest BCUT2D eigenvalue weighted by Gasteiger charge is 2.42. The zero-order valence-corrected chi connectivity index (χ0v) is 7.40. The van der Waals surface area contributed by atoms with E-state index in [1.165, 1.54) is 6.42 Å². The fourth-order valence-corrected chi connectivity index (χ4v) is 1.31. The predicted molar refractivity (Wildman–Crippen MR) is 45.4 cm³/mol. The number of nitrogens with one attached hydrogen (secondary N) is 2. The highest BCUT2D eigenvalue weighted by Crippen LogP contribution is 2.28. The van der Waals surface area contributed by atoms with Crippen LogP contribution in [0.2, 0.25) is 0 Å². The van der Waals surface area contributed by atoms with Crippen LogP contribution in [0.25, 0.3) is 0 Å². The molecular formula is C6H12BrN3. The summed E-state index contributed by atoms with van der Waals surface area (Å²) < 4.78 is 0. The van der Waals surface area contributed by atoms with E-state index in [2.05, 4.69) is 16.9 Å². The van der Waals surface area contributed by atoms with Crippen LogP contribution < -0.4 is 16.6 Å². The molecule has 0 atom stereocenters. The normalized spacial score (nSPS) is 27.0. The highest BCUT2D eigenvalue weighted by molar-refractivity contribution is 8.93. The van der Waals surface area contributed by atoms with Crippen LogP contribution in [0, 0.1) is 0 Å². The molecule has 0 radical (unpaired) electrons. The van der Waals surface area contributed by atoms with Crippen LogP contribution in [-0.2, 0) is 0 Å². The van der Waals surface area contributed by atoms with Gasteiger partial charge in [0, 0.05) is 12.1 Å². The summed E-state index contributed by atoms with van der Waals surface area (Å²) in [7, 11) is 0. The van der Waals surface area contributed by atoms with E-state index < -0.39 is 0 Å². The molecule has 1 aliphatic carbocycles. The van der Waals surface area contributed by atoms with Crippen LogP contribution in [0.15, 0.2) is 11.8 Å². The first kappa shape index (κ1) is 8.04. The van der Waals surface area contributed by atoms with Crippen molar-refractivity contribution in [2.45, 2.75) is 24.9 Å². The molecule has 1 heterocycles. The van der Waals surface area contributed by atoms with Crippen molar-refractivity contribution >= 4 is 17.0 Å². The lowest BCUT2D eigenvalue weighted by Crippen LogP contribution is -2.23. The monoisotopic (exact) mass is 205 g/mol. The van der Waals surface area contributed by atoms with E-state index in [-0.39, 0.29) is 22.6 Å². The van der Waals surface area contributed by atoms with Crippen molar-refractivity contribution in [3.63, 3.8) is 0 Å². The van der Waals surface area contributed by atoms with Crippen molar-refractivity contribution in [3.8, 4) is 0 Å². The molecule has 10 heavy (non-hydrogen) atoms. The summed E-state index contributed by atoms with van der Waals surface area (Å²) in [5, 5.41) is 0. The molecule has 1 spiro atoms. The van der Waals surface area contributed by atoms with Crippen LogP contribution in [0.4, 0.5) is 0 Å². The number of rotatable bonds is 0. The van der Waals surface area contributed by atoms with Crippen LogP contribution >= 0.6 is 17.0 Å². The summed E-state index contributed by atoms with van der Waals surface area (Å²) in [6.45, 7) is 0. The lowest BCUT2D eigenvalue weighted by molar-refractivity contribution is 0.524. The first-order chi connectivity index (χ1) is 4.31. The minimum atomic E-state index is 0. The molecule has 4 heteroatoms. The summed E-state index contributed by atoms with van der Waals surface area (Å²) in [4.78, 5) is 0. The third-order valence-electron chi connectivity index (χ3n) is 1.96. The molecule has 0 aromatic heterocycles. The molecule has 0 unspecified atom stereocenters. The van der Waals surface area contributed by atoms with Crippen molar-refractivity contribution in [2.24, 2.45) is 5.73 Å². The molecule has 0 amide bonds. The van der Waals surface area contributed by atoms with Gasteiger partial charge in [0.15, 0.2) is 0 Å². The van der Waals surface area contributed by atoms with E-state index in [1.807, 2.05) is 0 Å². The molecule has 1 aliphatic heterocycles. The zero-order chi connectivity index (χ0) is 6.32. The van der Waals surface area contributed by atoms with Crippen molar-refractivity contribution in [1.82, 2.24) is 10.9 Å². The Bertz CT molecular complexity index is 162. The molecule has 1 fully saturated rings. The topological polar surface area (TPSA) is 69.9 Å². The number of hydrogen-bond donors (Lipinski definition) is 3. The molecule has 2 rings (SSSR count). The van der Waals surface area contributed by atoms with Gasteiger partial charge in [-0.3, -0.25) is 0 Å². The average Bonchev–Trinajstić information content (AvgIpc) is 2.49. The van der Waals surface area contributed by atoms with Gasteiger partial charge in [-0.1, -0.05) is 6.08 Å². The summed E-state index contributed by atoms with van der Waals surface area (Å²) in [6.07, 6.45) is 5.35. The van der Waals surface area contributed by atoms with Crippen LogP contribution in [0.5, 0.6) is 0 Å². The number of allylic oxidation sites excluding steroid dienone is 1. The summed E-state index contributed by atoms with van der Waals surface area (Å²) in [6, 6.07) is 0. The van der Waals surface area contributed by atoms with Crippen LogP contribution in [0.3, 0.4) is 0 Å². The lowest BCUT2D eigenvalue weighted by atomic mass is 9.97. The van der Waals surface area contributed by atoms with Gasteiger partial charge in [0.1, 0.15) is 0 Å². The van der Waals surface area contributed by atoms with Crippen molar-refractivity contribution < 1.29 is 0 Å². The third-order valence-corrected chi connectivity index (χ3v) is 1.96. The quantitative estimate of drug-likeness (QED) is 0.502. The average molecular weight is 206 g/mol. The first-order valence-electron chi connectivity index (χ1n) is 3.30. The van der Waals surface area contributed by atoms with E-state index in [9.17, 15) is 0 Å². The summed E-state index contributed by atoms with van der Waals surface area (Å²) in [5.41, 5.74) is 13.1. The Morgan fingerprint density at radius 1 is 1.50 bits per heavy atom. The predicted octanol–water partition coefficient (Wildman–Crippen LogP) is 0.395. The number of hydrazine groups is 1. The second kappa shape index (κ2) is 2.53. The maximum absolute atomic E-state index is 5.63. The summed E-state index contributed by atoms with van der Waals surface area (Å²) in [5.74, 6) is 0. The summed E-state index contributed by atoms with van der Waals surface area (Å²) >= 11 is 0. The minimum Gasteiger partial charge on any atom is -0.402 e. The molecule has 0 aromatic rings. The Hall–Kier alpha value is -0.0600. The highest BCUT2D eigenvalue weighted by atomic mass is 79.9. The van der Waals surface area contributed by atoms with Gasteiger partial charge >= 0.3 is 0 Å². The fraction of sp³-hybridized carbons (Fsp3) is 0.667. The number of nitrogens with two attached hydrogens (primary N) is 1. The largest absolute Gasteiger partial charge is 0.402 e. The molecular weight excluding hydrogens is 194 g/mol. The van der Waals surface area contributed by atoms with E-state index in [4.69, 9.17) is 5.73 Å². The fourth-order valence-electron chi connectivity index (χ4n) is 1.31.